The van der Waals surface area contributed by atoms with Crippen LogP contribution in [0.25, 0.3) is 0 Å². The highest BCUT2D eigenvalue weighted by Crippen LogP contribution is 2.59. The number of para-hydroxylation sites is 1. The normalized spacial score (nSPS) is 27.4. The Labute approximate surface area is 232 Å². The summed E-state index contributed by atoms with van der Waals surface area (Å²) in [6.45, 7) is 14.7. The molecule has 1 aromatic rings. The minimum absolute atomic E-state index is 0.0833. The van der Waals surface area contributed by atoms with Crippen LogP contribution in [0.15, 0.2) is 55.6 Å². The lowest BCUT2D eigenvalue weighted by molar-refractivity contribution is -0.151. The van der Waals surface area contributed by atoms with E-state index in [0.717, 1.165) is 12.1 Å². The number of hydrogen-bond donors (Lipinski definition) is 1. The van der Waals surface area contributed by atoms with Gasteiger partial charge in [0.2, 0.25) is 17.7 Å². The fourth-order valence-electron chi connectivity index (χ4n) is 6.74. The molecule has 0 saturated carbocycles. The number of hydrogen-bond acceptors (Lipinski definition) is 5. The van der Waals surface area contributed by atoms with Crippen LogP contribution in [0.1, 0.15) is 52.9 Å². The van der Waals surface area contributed by atoms with Crippen molar-refractivity contribution in [1.82, 2.24) is 9.80 Å². The number of carbonyl (C=O) groups excluding carboxylic acids is 3. The molecule has 3 heterocycles. The van der Waals surface area contributed by atoms with E-state index in [1.807, 2.05) is 51.1 Å². The van der Waals surface area contributed by atoms with E-state index < -0.39 is 35.1 Å². The number of fused-ring (bicyclic) bond motifs is 1. The molecule has 5 atom stereocenters. The second-order valence-electron chi connectivity index (χ2n) is 11.9. The van der Waals surface area contributed by atoms with Crippen LogP contribution in [0, 0.1) is 11.8 Å². The van der Waals surface area contributed by atoms with Crippen molar-refractivity contribution >= 4 is 23.4 Å². The van der Waals surface area contributed by atoms with E-state index in [2.05, 4.69) is 13.2 Å². The molecule has 0 radical (unpaired) electrons. The molecule has 3 fully saturated rings. The molecule has 3 amide bonds. The van der Waals surface area contributed by atoms with Crippen LogP contribution in [-0.4, -0.2) is 82.2 Å². The highest BCUT2D eigenvalue weighted by molar-refractivity contribution is 6.03. The van der Waals surface area contributed by atoms with E-state index in [1.54, 1.807) is 26.9 Å². The molecule has 2 bridgehead atoms. The smallest absolute Gasteiger partial charge is 0.249 e. The van der Waals surface area contributed by atoms with Crippen molar-refractivity contribution in [3.8, 4) is 0 Å². The molecule has 3 saturated heterocycles. The maximum absolute atomic E-state index is 14.3. The summed E-state index contributed by atoms with van der Waals surface area (Å²) in [5, 5.41) is 9.25. The molecular weight excluding hydrogens is 494 g/mol. The van der Waals surface area contributed by atoms with Crippen molar-refractivity contribution in [2.24, 2.45) is 11.8 Å². The summed E-state index contributed by atoms with van der Waals surface area (Å²) in [7, 11) is 0. The zero-order valence-corrected chi connectivity index (χ0v) is 23.6. The lowest BCUT2D eigenvalue weighted by Crippen LogP contribution is -2.60. The Morgan fingerprint density at radius 3 is 2.41 bits per heavy atom. The summed E-state index contributed by atoms with van der Waals surface area (Å²) in [5.74, 6) is -1.92. The Balaban J connectivity index is 1.73. The van der Waals surface area contributed by atoms with E-state index in [-0.39, 0.29) is 24.3 Å². The standard InChI is InChI=1S/C31H43N3O5/c1-6-18-32(22-14-10-8-11-15-22)27(36)24-23-16-17-31(39-23)25(24)28(37)33(20-12-9-13-21-35)26(31)29(38)34(19-7-2)30(3,4)5/h6-8,10-11,14-15,23-26,35H,1-2,9,12-13,16-21H2,3-5H3/t23-,24+,25+,26?,31?/m1/s1. The number of aliphatic hydroxyl groups is 1. The monoisotopic (exact) mass is 537 g/mol. The molecule has 3 aliphatic rings. The molecule has 3 aliphatic heterocycles. The molecule has 8 heteroatoms. The number of aliphatic hydroxyl groups excluding tert-OH is 1. The van der Waals surface area contributed by atoms with Crippen LogP contribution < -0.4 is 4.90 Å². The van der Waals surface area contributed by atoms with Gasteiger partial charge in [-0.15, -0.1) is 13.2 Å². The third kappa shape index (κ3) is 5.16. The molecule has 0 aliphatic carbocycles. The van der Waals surface area contributed by atoms with Crippen molar-refractivity contribution in [2.75, 3.05) is 31.1 Å². The second kappa shape index (κ2) is 11.6. The summed E-state index contributed by atoms with van der Waals surface area (Å²) in [5.41, 5.74) is -0.800. The Bertz CT molecular complexity index is 1080. The Hall–Kier alpha value is -2.97. The summed E-state index contributed by atoms with van der Waals surface area (Å²) in [6.07, 6.45) is 6.17. The van der Waals surface area contributed by atoms with E-state index in [9.17, 15) is 19.5 Å². The van der Waals surface area contributed by atoms with Gasteiger partial charge in [-0.3, -0.25) is 14.4 Å². The van der Waals surface area contributed by atoms with Crippen molar-refractivity contribution in [2.45, 2.75) is 76.2 Å². The van der Waals surface area contributed by atoms with E-state index in [4.69, 9.17) is 4.74 Å². The van der Waals surface area contributed by atoms with Crippen molar-refractivity contribution in [3.05, 3.63) is 55.6 Å². The van der Waals surface area contributed by atoms with E-state index >= 15 is 0 Å². The van der Waals surface area contributed by atoms with Gasteiger partial charge in [0.05, 0.1) is 17.9 Å². The fourth-order valence-corrected chi connectivity index (χ4v) is 6.74. The average molecular weight is 538 g/mol. The van der Waals surface area contributed by atoms with E-state index in [1.165, 1.54) is 0 Å². The first kappa shape index (κ1) is 29.0. The third-order valence-electron chi connectivity index (χ3n) is 8.41. The van der Waals surface area contributed by atoms with Gasteiger partial charge >= 0.3 is 0 Å². The van der Waals surface area contributed by atoms with Gasteiger partial charge in [0.25, 0.3) is 0 Å². The SMILES string of the molecule is C=CCN(C(=O)[C@@H]1[C@H]2C(=O)N(CCCCCO)C(C(=O)N(CC=C)C(C)(C)C)C23CC[C@H]1O3)c1ccccc1. The lowest BCUT2D eigenvalue weighted by Gasteiger charge is -2.42. The number of anilines is 1. The number of nitrogens with zero attached hydrogens (tertiary/aromatic N) is 3. The molecule has 39 heavy (non-hydrogen) atoms. The predicted molar refractivity (Wildman–Crippen MR) is 151 cm³/mol. The second-order valence-corrected chi connectivity index (χ2v) is 11.9. The van der Waals surface area contributed by atoms with E-state index in [0.29, 0.717) is 45.3 Å². The van der Waals surface area contributed by atoms with Gasteiger partial charge in [-0.2, -0.15) is 0 Å². The van der Waals surface area contributed by atoms with Crippen LogP contribution in [-0.2, 0) is 19.1 Å². The first-order valence-electron chi connectivity index (χ1n) is 14.1. The molecule has 1 spiro atoms. The first-order chi connectivity index (χ1) is 18.6. The van der Waals surface area contributed by atoms with Crippen molar-refractivity contribution in [1.29, 1.82) is 0 Å². The zero-order valence-electron chi connectivity index (χ0n) is 23.6. The lowest BCUT2D eigenvalue weighted by atomic mass is 9.70. The number of unbranched alkanes of at least 4 members (excludes halogenated alkanes) is 2. The molecular formula is C31H43N3O5. The number of rotatable bonds is 12. The Morgan fingerprint density at radius 1 is 1.10 bits per heavy atom. The Morgan fingerprint density at radius 2 is 1.79 bits per heavy atom. The van der Waals surface area contributed by atoms with Crippen molar-refractivity contribution in [3.63, 3.8) is 0 Å². The number of ether oxygens (including phenoxy) is 1. The van der Waals surface area contributed by atoms with Crippen LogP contribution in [0.3, 0.4) is 0 Å². The number of benzene rings is 1. The van der Waals surface area contributed by atoms with Gasteiger partial charge in [-0.1, -0.05) is 30.4 Å². The van der Waals surface area contributed by atoms with Crippen LogP contribution in [0.4, 0.5) is 5.69 Å². The summed E-state index contributed by atoms with van der Waals surface area (Å²) < 4.78 is 6.64. The van der Waals surface area contributed by atoms with Gasteiger partial charge in [0.15, 0.2) is 0 Å². The maximum atomic E-state index is 14.3. The van der Waals surface area contributed by atoms with Gasteiger partial charge < -0.3 is 24.5 Å². The molecule has 2 unspecified atom stereocenters. The molecule has 1 N–H and O–H groups in total. The quantitative estimate of drug-likeness (QED) is 0.325. The minimum Gasteiger partial charge on any atom is -0.396 e. The summed E-state index contributed by atoms with van der Waals surface area (Å²) in [4.78, 5) is 47.9. The maximum Gasteiger partial charge on any atom is 0.249 e. The summed E-state index contributed by atoms with van der Waals surface area (Å²) >= 11 is 0. The van der Waals surface area contributed by atoms with Crippen LogP contribution in [0.2, 0.25) is 0 Å². The molecule has 1 aromatic carbocycles. The fraction of sp³-hybridized carbons (Fsp3) is 0.581. The van der Waals surface area contributed by atoms with Gasteiger partial charge in [-0.05, 0) is 65.0 Å². The summed E-state index contributed by atoms with van der Waals surface area (Å²) in [6, 6.07) is 8.58. The molecule has 4 rings (SSSR count). The zero-order chi connectivity index (χ0) is 28.4. The van der Waals surface area contributed by atoms with Gasteiger partial charge in [0, 0.05) is 37.5 Å². The number of amides is 3. The largest absolute Gasteiger partial charge is 0.396 e. The highest BCUT2D eigenvalue weighted by Gasteiger charge is 2.75. The van der Waals surface area contributed by atoms with Crippen LogP contribution >= 0.6 is 0 Å². The molecule has 8 nitrogen and oxygen atoms in total. The molecule has 0 aromatic heterocycles. The van der Waals surface area contributed by atoms with Crippen LogP contribution in [0.5, 0.6) is 0 Å². The van der Waals surface area contributed by atoms with Crippen molar-refractivity contribution < 1.29 is 24.2 Å². The predicted octanol–water partition coefficient (Wildman–Crippen LogP) is 3.56. The number of carbonyl (C=O) groups is 3. The average Bonchev–Trinajstić information content (AvgIpc) is 3.55. The third-order valence-corrected chi connectivity index (χ3v) is 8.41. The Kier molecular flexibility index (Phi) is 8.66. The minimum atomic E-state index is -1.04. The topological polar surface area (TPSA) is 90.4 Å². The first-order valence-corrected chi connectivity index (χ1v) is 14.1. The molecule has 212 valence electrons. The van der Waals surface area contributed by atoms with Gasteiger partial charge in [0.1, 0.15) is 11.6 Å². The highest BCUT2D eigenvalue weighted by atomic mass is 16.5. The van der Waals surface area contributed by atoms with Gasteiger partial charge in [-0.25, -0.2) is 0 Å². The number of likely N-dealkylation sites (tertiary alicyclic amines) is 1.